The van der Waals surface area contributed by atoms with Crippen LogP contribution in [0.5, 0.6) is 0 Å². The molecule has 17 heavy (non-hydrogen) atoms. The maximum absolute atomic E-state index is 11.1. The van der Waals surface area contributed by atoms with Crippen LogP contribution in [0.15, 0.2) is 12.5 Å². The molecular weight excluding hydrogens is 224 g/mol. The van der Waals surface area contributed by atoms with Crippen molar-refractivity contribution in [3.8, 4) is 0 Å². The number of fused-ring (bicyclic) bond motifs is 1. The maximum Gasteiger partial charge on any atom is 0.254 e. The number of nitrogens with one attached hydrogen (secondary N) is 2. The topological polar surface area (TPSA) is 101 Å². The largest absolute Gasteiger partial charge is 0.322 e. The van der Waals surface area contributed by atoms with Crippen LogP contribution in [-0.4, -0.2) is 31.4 Å². The number of rotatable bonds is 2. The van der Waals surface area contributed by atoms with Gasteiger partial charge in [-0.1, -0.05) is 0 Å². The zero-order valence-corrected chi connectivity index (χ0v) is 9.26. The van der Waals surface area contributed by atoms with Crippen LogP contribution >= 0.6 is 0 Å². The van der Waals surface area contributed by atoms with Gasteiger partial charge < -0.3 is 10.6 Å². The van der Waals surface area contributed by atoms with E-state index in [-0.39, 0.29) is 11.8 Å². The van der Waals surface area contributed by atoms with Crippen molar-refractivity contribution in [2.45, 2.75) is 13.8 Å². The Bertz CT molecular complexity index is 590. The molecule has 0 atom stereocenters. The van der Waals surface area contributed by atoms with Gasteiger partial charge in [0, 0.05) is 13.8 Å². The van der Waals surface area contributed by atoms with E-state index in [4.69, 9.17) is 0 Å². The van der Waals surface area contributed by atoms with E-state index in [0.29, 0.717) is 17.3 Å². The third-order valence-corrected chi connectivity index (χ3v) is 1.91. The predicted molar refractivity (Wildman–Crippen MR) is 59.4 cm³/mol. The van der Waals surface area contributed by atoms with Gasteiger partial charge in [0.15, 0.2) is 5.82 Å². The SMILES string of the molecule is CC(=O)Nc1cnc2ncnn2c1NC(C)=O. The van der Waals surface area contributed by atoms with Crippen molar-refractivity contribution in [3.63, 3.8) is 0 Å². The molecule has 2 aromatic rings. The lowest BCUT2D eigenvalue weighted by atomic mass is 10.4. The third-order valence-electron chi connectivity index (χ3n) is 1.91. The molecule has 8 heteroatoms. The fourth-order valence-electron chi connectivity index (χ4n) is 1.35. The molecule has 0 unspecified atom stereocenters. The first kappa shape index (κ1) is 11.0. The van der Waals surface area contributed by atoms with Crippen LogP contribution in [0.4, 0.5) is 11.5 Å². The standard InChI is InChI=1S/C9H10N6O2/c1-5(16)13-7-3-10-9-11-4-12-15(9)8(7)14-6(2)17/h3-4H,1-2H3,(H,13,16)(H,14,17). The van der Waals surface area contributed by atoms with Crippen LogP contribution in [-0.2, 0) is 9.59 Å². The zero-order valence-electron chi connectivity index (χ0n) is 9.26. The number of hydrogen-bond donors (Lipinski definition) is 2. The highest BCUT2D eigenvalue weighted by atomic mass is 16.2. The van der Waals surface area contributed by atoms with Gasteiger partial charge in [0.25, 0.3) is 5.78 Å². The Balaban J connectivity index is 2.56. The lowest BCUT2D eigenvalue weighted by Crippen LogP contribution is -2.16. The Hall–Kier alpha value is -2.51. The van der Waals surface area contributed by atoms with Crippen LogP contribution in [0.3, 0.4) is 0 Å². The van der Waals surface area contributed by atoms with E-state index < -0.39 is 0 Å². The molecule has 0 aliphatic carbocycles. The van der Waals surface area contributed by atoms with Gasteiger partial charge in [0.1, 0.15) is 12.0 Å². The van der Waals surface area contributed by atoms with Crippen LogP contribution < -0.4 is 10.6 Å². The minimum Gasteiger partial charge on any atom is -0.322 e. The minimum absolute atomic E-state index is 0.266. The Morgan fingerprint density at radius 3 is 2.53 bits per heavy atom. The van der Waals surface area contributed by atoms with Crippen molar-refractivity contribution in [2.24, 2.45) is 0 Å². The van der Waals surface area contributed by atoms with Crippen LogP contribution in [0.2, 0.25) is 0 Å². The molecule has 0 aliphatic heterocycles. The average Bonchev–Trinajstić information content (AvgIpc) is 2.68. The summed E-state index contributed by atoms with van der Waals surface area (Å²) in [6.07, 6.45) is 2.72. The van der Waals surface area contributed by atoms with Gasteiger partial charge in [-0.15, -0.1) is 0 Å². The van der Waals surface area contributed by atoms with Gasteiger partial charge in [-0.3, -0.25) is 9.59 Å². The summed E-state index contributed by atoms with van der Waals surface area (Å²) in [6.45, 7) is 2.73. The summed E-state index contributed by atoms with van der Waals surface area (Å²) in [6, 6.07) is 0. The number of nitrogens with zero attached hydrogens (tertiary/aromatic N) is 4. The van der Waals surface area contributed by atoms with Gasteiger partial charge in [-0.25, -0.2) is 4.98 Å². The average molecular weight is 234 g/mol. The molecule has 0 saturated heterocycles. The van der Waals surface area contributed by atoms with Crippen LogP contribution in [0.25, 0.3) is 5.78 Å². The molecule has 0 fully saturated rings. The molecule has 2 rings (SSSR count). The summed E-state index contributed by atoms with van der Waals surface area (Å²) in [5.41, 5.74) is 0.366. The Morgan fingerprint density at radius 2 is 1.88 bits per heavy atom. The summed E-state index contributed by atoms with van der Waals surface area (Å²) in [7, 11) is 0. The molecular formula is C9H10N6O2. The highest BCUT2D eigenvalue weighted by Crippen LogP contribution is 2.20. The minimum atomic E-state index is -0.278. The first-order chi connectivity index (χ1) is 8.08. The molecule has 0 bridgehead atoms. The summed E-state index contributed by atoms with van der Waals surface area (Å²) in [5, 5.41) is 9.05. The van der Waals surface area contributed by atoms with Gasteiger partial charge in [-0.2, -0.15) is 14.6 Å². The molecule has 2 N–H and O–H groups in total. The summed E-state index contributed by atoms with van der Waals surface area (Å²) in [4.78, 5) is 30.0. The van der Waals surface area contributed by atoms with E-state index in [2.05, 4.69) is 25.7 Å². The van der Waals surface area contributed by atoms with E-state index in [1.54, 1.807) is 0 Å². The van der Waals surface area contributed by atoms with Crippen molar-refractivity contribution < 1.29 is 9.59 Å². The first-order valence-electron chi connectivity index (χ1n) is 4.82. The second-order valence-corrected chi connectivity index (χ2v) is 3.35. The third kappa shape index (κ3) is 2.19. The lowest BCUT2D eigenvalue weighted by Gasteiger charge is -2.10. The van der Waals surface area contributed by atoms with Crippen molar-refractivity contribution >= 4 is 29.1 Å². The van der Waals surface area contributed by atoms with Crippen LogP contribution in [0, 0.1) is 0 Å². The monoisotopic (exact) mass is 234 g/mol. The number of carbonyl (C=O) groups is 2. The molecule has 0 aliphatic rings. The van der Waals surface area contributed by atoms with Crippen LogP contribution in [0.1, 0.15) is 13.8 Å². The molecule has 2 heterocycles. The maximum atomic E-state index is 11.1. The van der Waals surface area contributed by atoms with E-state index in [9.17, 15) is 9.59 Å². The number of aromatic nitrogens is 4. The first-order valence-corrected chi connectivity index (χ1v) is 4.82. The van der Waals surface area contributed by atoms with E-state index in [0.717, 1.165) is 0 Å². The quantitative estimate of drug-likeness (QED) is 0.764. The number of hydrogen-bond acceptors (Lipinski definition) is 5. The number of carbonyl (C=O) groups excluding carboxylic acids is 2. The highest BCUT2D eigenvalue weighted by molar-refractivity contribution is 5.97. The molecule has 0 saturated carbocycles. The Kier molecular flexibility index (Phi) is 2.69. The van der Waals surface area contributed by atoms with Gasteiger partial charge in [-0.05, 0) is 0 Å². The molecule has 2 aromatic heterocycles. The number of anilines is 2. The van der Waals surface area contributed by atoms with E-state index >= 15 is 0 Å². The van der Waals surface area contributed by atoms with E-state index in [1.807, 2.05) is 0 Å². The fourth-order valence-corrected chi connectivity index (χ4v) is 1.35. The molecule has 8 nitrogen and oxygen atoms in total. The van der Waals surface area contributed by atoms with Crippen molar-refractivity contribution in [2.75, 3.05) is 10.6 Å². The molecule has 0 spiro atoms. The molecule has 0 radical (unpaired) electrons. The fraction of sp³-hybridized carbons (Fsp3) is 0.222. The summed E-state index contributed by atoms with van der Waals surface area (Å²) in [5.74, 6) is 0.121. The zero-order chi connectivity index (χ0) is 12.4. The van der Waals surface area contributed by atoms with Crippen molar-refractivity contribution in [3.05, 3.63) is 12.5 Å². The van der Waals surface area contributed by atoms with Gasteiger partial charge in [0.2, 0.25) is 11.8 Å². The predicted octanol–water partition coefficient (Wildman–Crippen LogP) is 0.0411. The summed E-state index contributed by atoms with van der Waals surface area (Å²) >= 11 is 0. The van der Waals surface area contributed by atoms with Gasteiger partial charge >= 0.3 is 0 Å². The normalized spacial score (nSPS) is 10.2. The Labute approximate surface area is 96.1 Å². The van der Waals surface area contributed by atoms with Crippen molar-refractivity contribution in [1.29, 1.82) is 0 Å². The van der Waals surface area contributed by atoms with Gasteiger partial charge in [0.05, 0.1) is 6.20 Å². The Morgan fingerprint density at radius 1 is 1.18 bits per heavy atom. The molecule has 88 valence electrons. The van der Waals surface area contributed by atoms with Crippen molar-refractivity contribution in [1.82, 2.24) is 19.6 Å². The second kappa shape index (κ2) is 4.16. The second-order valence-electron chi connectivity index (χ2n) is 3.35. The van der Waals surface area contributed by atoms with E-state index in [1.165, 1.54) is 30.9 Å². The smallest absolute Gasteiger partial charge is 0.254 e. The molecule has 0 aromatic carbocycles. The highest BCUT2D eigenvalue weighted by Gasteiger charge is 2.12. The lowest BCUT2D eigenvalue weighted by molar-refractivity contribution is -0.115. The number of amides is 2. The summed E-state index contributed by atoms with van der Waals surface area (Å²) < 4.78 is 1.34. The molecule has 2 amide bonds.